The molecule has 0 amide bonds. The molecular weight excluding hydrogens is 222 g/mol. The summed E-state index contributed by atoms with van der Waals surface area (Å²) in [4.78, 5) is 0. The second kappa shape index (κ2) is 10.2. The molecule has 1 aromatic rings. The molecule has 104 valence electrons. The van der Waals surface area contributed by atoms with Crippen molar-refractivity contribution in [2.75, 3.05) is 6.54 Å². The van der Waals surface area contributed by atoms with Gasteiger partial charge in [0.1, 0.15) is 0 Å². The van der Waals surface area contributed by atoms with Crippen LogP contribution in [0.4, 0.5) is 0 Å². The molecule has 1 heterocycles. The van der Waals surface area contributed by atoms with Crippen molar-refractivity contribution in [1.82, 2.24) is 5.32 Å². The lowest BCUT2D eigenvalue weighted by Crippen LogP contribution is -2.30. The first-order chi connectivity index (χ1) is 8.86. The van der Waals surface area contributed by atoms with Crippen LogP contribution in [0.1, 0.15) is 64.4 Å². The van der Waals surface area contributed by atoms with Gasteiger partial charge in [0.15, 0.2) is 0 Å². The van der Waals surface area contributed by atoms with Crippen LogP contribution < -0.4 is 5.32 Å². The quantitative estimate of drug-likeness (QED) is 0.584. The van der Waals surface area contributed by atoms with Gasteiger partial charge in [0, 0.05) is 6.04 Å². The van der Waals surface area contributed by atoms with Crippen molar-refractivity contribution in [2.24, 2.45) is 0 Å². The van der Waals surface area contributed by atoms with Crippen molar-refractivity contribution in [3.05, 3.63) is 24.2 Å². The first-order valence-electron chi connectivity index (χ1n) is 7.61. The van der Waals surface area contributed by atoms with Crippen LogP contribution in [-0.2, 0) is 6.42 Å². The molecular formula is C16H29NO. The van der Waals surface area contributed by atoms with E-state index in [0.717, 1.165) is 13.0 Å². The fourth-order valence-corrected chi connectivity index (χ4v) is 2.43. The van der Waals surface area contributed by atoms with Gasteiger partial charge in [-0.1, -0.05) is 52.4 Å². The van der Waals surface area contributed by atoms with Gasteiger partial charge in [0.05, 0.1) is 12.5 Å². The summed E-state index contributed by atoms with van der Waals surface area (Å²) in [7, 11) is 0. The number of nitrogens with one attached hydrogen (secondary N) is 1. The molecule has 0 aliphatic rings. The zero-order valence-corrected chi connectivity index (χ0v) is 12.1. The molecule has 0 saturated heterocycles. The summed E-state index contributed by atoms with van der Waals surface area (Å²) in [6.07, 6.45) is 14.3. The van der Waals surface area contributed by atoms with Gasteiger partial charge >= 0.3 is 0 Å². The normalized spacial score (nSPS) is 12.8. The van der Waals surface area contributed by atoms with Gasteiger partial charge in [-0.15, -0.1) is 0 Å². The first kappa shape index (κ1) is 15.3. The molecule has 0 aromatic carbocycles. The third-order valence-corrected chi connectivity index (χ3v) is 3.46. The molecule has 0 saturated carbocycles. The molecule has 1 rings (SSSR count). The largest absolute Gasteiger partial charge is 0.472 e. The average Bonchev–Trinajstić information content (AvgIpc) is 2.86. The highest BCUT2D eigenvalue weighted by Crippen LogP contribution is 2.12. The molecule has 18 heavy (non-hydrogen) atoms. The molecule has 0 aliphatic carbocycles. The van der Waals surface area contributed by atoms with E-state index in [9.17, 15) is 0 Å². The van der Waals surface area contributed by atoms with Crippen molar-refractivity contribution in [3.8, 4) is 0 Å². The highest BCUT2D eigenvalue weighted by molar-refractivity contribution is 5.07. The van der Waals surface area contributed by atoms with Crippen LogP contribution in [0.2, 0.25) is 0 Å². The van der Waals surface area contributed by atoms with Gasteiger partial charge in [-0.3, -0.25) is 0 Å². The maximum atomic E-state index is 5.14. The summed E-state index contributed by atoms with van der Waals surface area (Å²) >= 11 is 0. The number of hydrogen-bond acceptors (Lipinski definition) is 2. The van der Waals surface area contributed by atoms with Crippen molar-refractivity contribution < 1.29 is 4.42 Å². The van der Waals surface area contributed by atoms with Crippen molar-refractivity contribution in [3.63, 3.8) is 0 Å². The number of unbranched alkanes of at least 4 members (excludes halogenated alkanes) is 5. The maximum Gasteiger partial charge on any atom is 0.0935 e. The van der Waals surface area contributed by atoms with E-state index in [0.29, 0.717) is 6.04 Å². The highest BCUT2D eigenvalue weighted by atomic mass is 16.3. The SMILES string of the molecule is CCCCCCCCC(Cc1ccoc1)NCC. The lowest BCUT2D eigenvalue weighted by atomic mass is 10.0. The molecule has 0 radical (unpaired) electrons. The topological polar surface area (TPSA) is 25.2 Å². The Hall–Kier alpha value is -0.760. The van der Waals surface area contributed by atoms with Crippen LogP contribution >= 0.6 is 0 Å². The Kier molecular flexibility index (Phi) is 8.66. The van der Waals surface area contributed by atoms with Gasteiger partial charge in [-0.05, 0) is 31.0 Å². The van der Waals surface area contributed by atoms with E-state index < -0.39 is 0 Å². The van der Waals surface area contributed by atoms with E-state index in [4.69, 9.17) is 4.42 Å². The van der Waals surface area contributed by atoms with E-state index >= 15 is 0 Å². The van der Waals surface area contributed by atoms with E-state index in [1.54, 1.807) is 6.26 Å². The van der Waals surface area contributed by atoms with Crippen LogP contribution in [0.3, 0.4) is 0 Å². The van der Waals surface area contributed by atoms with Crippen LogP contribution in [0, 0.1) is 0 Å². The minimum absolute atomic E-state index is 0.610. The molecule has 1 N–H and O–H groups in total. The fourth-order valence-electron chi connectivity index (χ4n) is 2.43. The number of rotatable bonds is 11. The highest BCUT2D eigenvalue weighted by Gasteiger charge is 2.08. The zero-order chi connectivity index (χ0) is 13.1. The first-order valence-corrected chi connectivity index (χ1v) is 7.61. The molecule has 2 heteroatoms. The van der Waals surface area contributed by atoms with E-state index in [-0.39, 0.29) is 0 Å². The predicted octanol–water partition coefficient (Wildman–Crippen LogP) is 4.55. The Morgan fingerprint density at radius 1 is 1.11 bits per heavy atom. The summed E-state index contributed by atoms with van der Waals surface area (Å²) in [5, 5.41) is 3.58. The lowest BCUT2D eigenvalue weighted by molar-refractivity contribution is 0.457. The molecule has 1 unspecified atom stereocenters. The maximum absolute atomic E-state index is 5.14. The van der Waals surface area contributed by atoms with Crippen LogP contribution in [0.25, 0.3) is 0 Å². The van der Waals surface area contributed by atoms with Gasteiger partial charge < -0.3 is 9.73 Å². The Balaban J connectivity index is 2.13. The summed E-state index contributed by atoms with van der Waals surface area (Å²) in [5.41, 5.74) is 1.31. The predicted molar refractivity (Wildman–Crippen MR) is 77.9 cm³/mol. The minimum atomic E-state index is 0.610. The molecule has 1 aromatic heterocycles. The second-order valence-corrected chi connectivity index (χ2v) is 5.15. The van der Waals surface area contributed by atoms with Crippen molar-refractivity contribution in [2.45, 2.75) is 71.3 Å². The van der Waals surface area contributed by atoms with Gasteiger partial charge in [0.2, 0.25) is 0 Å². The van der Waals surface area contributed by atoms with Crippen LogP contribution in [0.15, 0.2) is 23.0 Å². The molecule has 1 atom stereocenters. The average molecular weight is 251 g/mol. The van der Waals surface area contributed by atoms with Crippen molar-refractivity contribution >= 4 is 0 Å². The van der Waals surface area contributed by atoms with Crippen molar-refractivity contribution in [1.29, 1.82) is 0 Å². The minimum Gasteiger partial charge on any atom is -0.472 e. The Labute approximate surface area is 112 Å². The standard InChI is InChI=1S/C16H29NO/c1-3-5-6-7-8-9-10-16(17-4-2)13-15-11-12-18-14-15/h11-12,14,16-17H,3-10,13H2,1-2H3. The lowest BCUT2D eigenvalue weighted by Gasteiger charge is -2.16. The van der Waals surface area contributed by atoms with Crippen LogP contribution in [-0.4, -0.2) is 12.6 Å². The number of likely N-dealkylation sites (N-methyl/N-ethyl adjacent to an activating group) is 1. The van der Waals surface area contributed by atoms with E-state index in [2.05, 4.69) is 25.2 Å². The second-order valence-electron chi connectivity index (χ2n) is 5.15. The molecule has 0 spiro atoms. The summed E-state index contributed by atoms with van der Waals surface area (Å²) in [5.74, 6) is 0. The van der Waals surface area contributed by atoms with Gasteiger partial charge in [-0.2, -0.15) is 0 Å². The summed E-state index contributed by atoms with van der Waals surface area (Å²) in [6.45, 7) is 5.51. The van der Waals surface area contributed by atoms with Crippen LogP contribution in [0.5, 0.6) is 0 Å². The Bertz CT molecular complexity index is 269. The van der Waals surface area contributed by atoms with E-state index in [1.165, 1.54) is 50.5 Å². The monoisotopic (exact) mass is 251 g/mol. The third kappa shape index (κ3) is 6.85. The molecule has 0 fully saturated rings. The zero-order valence-electron chi connectivity index (χ0n) is 12.1. The van der Waals surface area contributed by atoms with Gasteiger partial charge in [-0.25, -0.2) is 0 Å². The molecule has 0 aliphatic heterocycles. The Morgan fingerprint density at radius 3 is 2.56 bits per heavy atom. The van der Waals surface area contributed by atoms with E-state index in [1.807, 2.05) is 6.26 Å². The Morgan fingerprint density at radius 2 is 1.89 bits per heavy atom. The van der Waals surface area contributed by atoms with Gasteiger partial charge in [0.25, 0.3) is 0 Å². The third-order valence-electron chi connectivity index (χ3n) is 3.46. The summed E-state index contributed by atoms with van der Waals surface area (Å²) in [6, 6.07) is 2.68. The molecule has 2 nitrogen and oxygen atoms in total. The fraction of sp³-hybridized carbons (Fsp3) is 0.750. The smallest absolute Gasteiger partial charge is 0.0935 e. The number of furan rings is 1. The molecule has 0 bridgehead atoms. The summed E-state index contributed by atoms with van der Waals surface area (Å²) < 4.78 is 5.14. The number of hydrogen-bond donors (Lipinski definition) is 1.